The number of alkyl halides is 1. The topological polar surface area (TPSA) is 30.7 Å². The number of nitrogens with zero attached hydrogens (tertiary/aromatic N) is 3. The Morgan fingerprint density at radius 1 is 1.50 bits per heavy atom. The van der Waals surface area contributed by atoms with Gasteiger partial charge in [-0.15, -0.1) is 11.6 Å². The summed E-state index contributed by atoms with van der Waals surface area (Å²) in [6, 6.07) is 0. The van der Waals surface area contributed by atoms with Crippen LogP contribution in [0.25, 0.3) is 0 Å². The summed E-state index contributed by atoms with van der Waals surface area (Å²) < 4.78 is 1.92. The van der Waals surface area contributed by atoms with Gasteiger partial charge in [0.15, 0.2) is 0 Å². The van der Waals surface area contributed by atoms with Crippen molar-refractivity contribution in [1.29, 1.82) is 0 Å². The highest BCUT2D eigenvalue weighted by atomic mass is 35.5. The highest BCUT2D eigenvalue weighted by molar-refractivity contribution is 6.20. The van der Waals surface area contributed by atoms with E-state index in [1.807, 2.05) is 4.68 Å². The average Bonchev–Trinajstić information content (AvgIpc) is 2.60. The van der Waals surface area contributed by atoms with Gasteiger partial charge in [-0.2, -0.15) is 5.10 Å². The summed E-state index contributed by atoms with van der Waals surface area (Å²) in [5.41, 5.74) is 0. The monoisotopic (exact) mass is 215 g/mol. The van der Waals surface area contributed by atoms with Crippen molar-refractivity contribution in [3.63, 3.8) is 0 Å². The van der Waals surface area contributed by atoms with E-state index in [1.54, 1.807) is 6.33 Å². The largest absolute Gasteiger partial charge is 0.250 e. The lowest BCUT2D eigenvalue weighted by Gasteiger charge is -2.12. The third kappa shape index (κ3) is 2.98. The average molecular weight is 216 g/mol. The van der Waals surface area contributed by atoms with Gasteiger partial charge in [0.05, 0.1) is 0 Å². The van der Waals surface area contributed by atoms with Gasteiger partial charge in [0, 0.05) is 18.3 Å². The fourth-order valence-corrected chi connectivity index (χ4v) is 1.46. The molecule has 80 valence electrons. The molecule has 0 amide bonds. The Balaban J connectivity index is 2.45. The molecule has 3 nitrogen and oxygen atoms in total. The Hall–Kier alpha value is -0.570. The maximum Gasteiger partial charge on any atom is 0.138 e. The first-order valence-electron chi connectivity index (χ1n) is 5.15. The van der Waals surface area contributed by atoms with Crippen LogP contribution in [0.3, 0.4) is 0 Å². The van der Waals surface area contributed by atoms with Crippen molar-refractivity contribution >= 4 is 11.6 Å². The quantitative estimate of drug-likeness (QED) is 0.707. The Morgan fingerprint density at radius 3 is 2.79 bits per heavy atom. The minimum atomic E-state index is 0.233. The molecule has 0 aliphatic heterocycles. The second kappa shape index (κ2) is 5.35. The molecule has 0 saturated heterocycles. The predicted molar refractivity (Wildman–Crippen MR) is 58.5 cm³/mol. The van der Waals surface area contributed by atoms with Gasteiger partial charge in [-0.05, 0) is 19.3 Å². The molecule has 1 rings (SSSR count). The van der Waals surface area contributed by atoms with Crippen LogP contribution in [-0.2, 0) is 13.0 Å². The van der Waals surface area contributed by atoms with Gasteiger partial charge in [-0.1, -0.05) is 13.8 Å². The minimum Gasteiger partial charge on any atom is -0.250 e. The van der Waals surface area contributed by atoms with Crippen molar-refractivity contribution in [2.24, 2.45) is 5.92 Å². The fourth-order valence-electron chi connectivity index (χ4n) is 1.35. The Bertz CT molecular complexity index is 270. The van der Waals surface area contributed by atoms with Crippen LogP contribution in [0.4, 0.5) is 0 Å². The highest BCUT2D eigenvalue weighted by Crippen LogP contribution is 2.15. The van der Waals surface area contributed by atoms with Crippen LogP contribution >= 0.6 is 11.6 Å². The molecule has 4 heteroatoms. The molecule has 1 heterocycles. The third-order valence-corrected chi connectivity index (χ3v) is 3.08. The Kier molecular flexibility index (Phi) is 4.39. The number of hydrogen-bond donors (Lipinski definition) is 0. The molecule has 0 saturated carbocycles. The van der Waals surface area contributed by atoms with Crippen LogP contribution in [0.15, 0.2) is 6.33 Å². The Labute approximate surface area is 90.5 Å². The SMILES string of the molecule is CCn1ncnc1CCC(Cl)C(C)C. The molecule has 0 aliphatic carbocycles. The molecule has 0 aliphatic rings. The van der Waals surface area contributed by atoms with E-state index in [9.17, 15) is 0 Å². The molecule has 0 fully saturated rings. The zero-order valence-corrected chi connectivity index (χ0v) is 9.83. The first-order chi connectivity index (χ1) is 6.65. The number of aromatic nitrogens is 3. The molecular formula is C10H18ClN3. The fraction of sp³-hybridized carbons (Fsp3) is 0.800. The van der Waals surface area contributed by atoms with Crippen LogP contribution in [0, 0.1) is 5.92 Å². The summed E-state index contributed by atoms with van der Waals surface area (Å²) in [7, 11) is 0. The van der Waals surface area contributed by atoms with E-state index in [0.29, 0.717) is 5.92 Å². The van der Waals surface area contributed by atoms with Gasteiger partial charge < -0.3 is 0 Å². The van der Waals surface area contributed by atoms with Gasteiger partial charge in [0.25, 0.3) is 0 Å². The smallest absolute Gasteiger partial charge is 0.138 e. The molecule has 1 atom stereocenters. The molecule has 1 aromatic heterocycles. The lowest BCUT2D eigenvalue weighted by Crippen LogP contribution is -2.11. The van der Waals surface area contributed by atoms with E-state index in [0.717, 1.165) is 25.2 Å². The van der Waals surface area contributed by atoms with Crippen molar-refractivity contribution in [2.75, 3.05) is 0 Å². The lowest BCUT2D eigenvalue weighted by molar-refractivity contribution is 0.538. The first kappa shape index (κ1) is 11.5. The van der Waals surface area contributed by atoms with E-state index in [1.165, 1.54) is 0 Å². The zero-order chi connectivity index (χ0) is 10.6. The maximum atomic E-state index is 6.17. The van der Waals surface area contributed by atoms with Crippen molar-refractivity contribution in [1.82, 2.24) is 14.8 Å². The summed E-state index contributed by atoms with van der Waals surface area (Å²) in [5, 5.41) is 4.35. The molecule has 0 N–H and O–H groups in total. The normalized spacial score (nSPS) is 13.5. The van der Waals surface area contributed by atoms with Gasteiger partial charge in [-0.3, -0.25) is 4.68 Å². The standard InChI is InChI=1S/C10H18ClN3/c1-4-14-10(12-7-13-14)6-5-9(11)8(2)3/h7-9H,4-6H2,1-3H3. The first-order valence-corrected chi connectivity index (χ1v) is 5.59. The van der Waals surface area contributed by atoms with Gasteiger partial charge >= 0.3 is 0 Å². The van der Waals surface area contributed by atoms with Crippen LogP contribution in [0.1, 0.15) is 33.0 Å². The number of hydrogen-bond acceptors (Lipinski definition) is 2. The van der Waals surface area contributed by atoms with Gasteiger partial charge in [0.2, 0.25) is 0 Å². The molecule has 0 spiro atoms. The maximum absolute atomic E-state index is 6.17. The second-order valence-electron chi connectivity index (χ2n) is 3.79. The number of halogens is 1. The highest BCUT2D eigenvalue weighted by Gasteiger charge is 2.11. The number of rotatable bonds is 5. The van der Waals surface area contributed by atoms with Gasteiger partial charge in [-0.25, -0.2) is 4.98 Å². The van der Waals surface area contributed by atoms with Crippen molar-refractivity contribution in [3.8, 4) is 0 Å². The lowest BCUT2D eigenvalue weighted by atomic mass is 10.1. The van der Waals surface area contributed by atoms with E-state index >= 15 is 0 Å². The zero-order valence-electron chi connectivity index (χ0n) is 9.07. The van der Waals surface area contributed by atoms with Crippen LogP contribution in [-0.4, -0.2) is 20.1 Å². The van der Waals surface area contributed by atoms with E-state index in [2.05, 4.69) is 30.9 Å². The minimum absolute atomic E-state index is 0.233. The van der Waals surface area contributed by atoms with E-state index in [4.69, 9.17) is 11.6 Å². The molecule has 0 aromatic carbocycles. The molecule has 0 radical (unpaired) electrons. The Morgan fingerprint density at radius 2 is 2.21 bits per heavy atom. The summed E-state index contributed by atoms with van der Waals surface area (Å²) >= 11 is 6.17. The summed E-state index contributed by atoms with van der Waals surface area (Å²) in [4.78, 5) is 4.21. The molecule has 14 heavy (non-hydrogen) atoms. The summed E-state index contributed by atoms with van der Waals surface area (Å²) in [6.45, 7) is 7.23. The predicted octanol–water partition coefficient (Wildman–Crippen LogP) is 2.49. The molecular weight excluding hydrogens is 198 g/mol. The van der Waals surface area contributed by atoms with Crippen LogP contribution in [0.5, 0.6) is 0 Å². The second-order valence-corrected chi connectivity index (χ2v) is 4.35. The van der Waals surface area contributed by atoms with Crippen LogP contribution in [0.2, 0.25) is 0 Å². The molecule has 1 aromatic rings. The van der Waals surface area contributed by atoms with Crippen molar-refractivity contribution < 1.29 is 0 Å². The number of aryl methyl sites for hydroxylation is 2. The third-order valence-electron chi connectivity index (χ3n) is 2.36. The van der Waals surface area contributed by atoms with E-state index in [-0.39, 0.29) is 5.38 Å². The van der Waals surface area contributed by atoms with Crippen LogP contribution < -0.4 is 0 Å². The summed E-state index contributed by atoms with van der Waals surface area (Å²) in [6.07, 6.45) is 3.50. The van der Waals surface area contributed by atoms with Gasteiger partial charge in [0.1, 0.15) is 12.2 Å². The van der Waals surface area contributed by atoms with Crippen molar-refractivity contribution in [2.45, 2.75) is 45.5 Å². The van der Waals surface area contributed by atoms with E-state index < -0.39 is 0 Å². The summed E-state index contributed by atoms with van der Waals surface area (Å²) in [5.74, 6) is 1.56. The molecule has 1 unspecified atom stereocenters. The van der Waals surface area contributed by atoms with Crippen molar-refractivity contribution in [3.05, 3.63) is 12.2 Å². The molecule has 0 bridgehead atoms.